The van der Waals surface area contributed by atoms with Gasteiger partial charge in [0.1, 0.15) is 6.61 Å². The summed E-state index contributed by atoms with van der Waals surface area (Å²) in [6.07, 6.45) is 1.30. The Balaban J connectivity index is 2.40. The average molecular weight is 75.0 g/mol. The van der Waals surface area contributed by atoms with Crippen molar-refractivity contribution in [3.05, 3.63) is 0 Å². The Hall–Kier alpha value is -0.410. The maximum Gasteiger partial charge on any atom is 0.229 e. The first-order chi connectivity index (χ1) is 2.41. The lowest BCUT2D eigenvalue weighted by Gasteiger charge is -1.72. The summed E-state index contributed by atoms with van der Waals surface area (Å²) < 4.78 is 0. The Bertz CT molecular complexity index is 26.1. The predicted octanol–water partition coefficient (Wildman–Crippen LogP) is -0.414. The zero-order valence-electron chi connectivity index (χ0n) is 2.47. The molecule has 0 rings (SSSR count). The van der Waals surface area contributed by atoms with Gasteiger partial charge in [-0.3, -0.25) is 10.1 Å². The van der Waals surface area contributed by atoms with Crippen molar-refractivity contribution in [1.29, 1.82) is 0 Å². The average Bonchev–Trinajstić information content (AvgIpc) is 1.41. The summed E-state index contributed by atoms with van der Waals surface area (Å²) in [7, 11) is 0. The van der Waals surface area contributed by atoms with Crippen LogP contribution in [-0.2, 0) is 9.68 Å². The molecule has 0 aliphatic heterocycles. The van der Waals surface area contributed by atoms with Gasteiger partial charge >= 0.3 is 0 Å². The lowest BCUT2D eigenvalue weighted by Crippen LogP contribution is -1.85. The molecule has 0 heterocycles. The van der Waals surface area contributed by atoms with Crippen molar-refractivity contribution in [3.63, 3.8) is 0 Å². The van der Waals surface area contributed by atoms with Crippen LogP contribution in [0.15, 0.2) is 0 Å². The summed E-state index contributed by atoms with van der Waals surface area (Å²) in [5.41, 5.74) is 0. The molecule has 0 bridgehead atoms. The monoisotopic (exact) mass is 75.0 g/mol. The summed E-state index contributed by atoms with van der Waals surface area (Å²) >= 11 is 0. The summed E-state index contributed by atoms with van der Waals surface area (Å²) in [6, 6.07) is 0. The minimum atomic E-state index is -0.361. The van der Waals surface area contributed by atoms with Gasteiger partial charge in [0.2, 0.25) is 6.29 Å². The fourth-order valence-electron chi connectivity index (χ4n) is 0.0264. The predicted molar refractivity (Wildman–Crippen MR) is 14.3 cm³/mol. The fourth-order valence-corrected chi connectivity index (χ4v) is 0.0264. The molecular weight excluding hydrogens is 72.0 g/mol. The molecule has 0 unspecified atom stereocenters. The van der Waals surface area contributed by atoms with E-state index >= 15 is 0 Å². The topological polar surface area (TPSA) is 46.5 Å². The van der Waals surface area contributed by atoms with Crippen LogP contribution in [0.2, 0.25) is 0 Å². The quantitative estimate of drug-likeness (QED) is 0.358. The molecule has 1 radical (unpaired) electrons. The van der Waals surface area contributed by atoms with Gasteiger partial charge in [-0.15, -0.1) is 0 Å². The molecule has 5 heavy (non-hydrogen) atoms. The summed E-state index contributed by atoms with van der Waals surface area (Å²) in [5.74, 6) is 0. The molecule has 0 saturated heterocycles. The smallest absolute Gasteiger partial charge is 0.229 e. The number of carbonyl (C=O) groups excluding carboxylic acids is 1. The van der Waals surface area contributed by atoms with Gasteiger partial charge in [-0.05, 0) is 0 Å². The number of hydrogen-bond acceptors (Lipinski definition) is 3. The highest BCUT2D eigenvalue weighted by Gasteiger charge is 1.69. The normalized spacial score (nSPS) is 7.40. The third-order valence-electron chi connectivity index (χ3n) is 0.123. The summed E-state index contributed by atoms with van der Waals surface area (Å²) in [4.78, 5) is 12.3. The van der Waals surface area contributed by atoms with E-state index < -0.39 is 0 Å². The van der Waals surface area contributed by atoms with Crippen LogP contribution >= 0.6 is 0 Å². The summed E-state index contributed by atoms with van der Waals surface area (Å²) in [6.45, 7) is -0.361. The van der Waals surface area contributed by atoms with Crippen molar-refractivity contribution in [2.75, 3.05) is 6.61 Å². The van der Waals surface area contributed by atoms with Crippen LogP contribution < -0.4 is 0 Å². The fraction of sp³-hybridized carbons (Fsp3) is 0.500. The van der Waals surface area contributed by atoms with Crippen LogP contribution in [-0.4, -0.2) is 18.2 Å². The van der Waals surface area contributed by atoms with Crippen molar-refractivity contribution < 1.29 is 14.9 Å². The Morgan fingerprint density at radius 1 is 2.00 bits per heavy atom. The highest BCUT2D eigenvalue weighted by molar-refractivity contribution is 5.51. The van der Waals surface area contributed by atoms with Crippen molar-refractivity contribution in [1.82, 2.24) is 0 Å². The first-order valence-electron chi connectivity index (χ1n) is 1.03. The second-order valence-electron chi connectivity index (χ2n) is 0.418. The Morgan fingerprint density at radius 2 is 2.60 bits per heavy atom. The second-order valence-corrected chi connectivity index (χ2v) is 0.418. The molecule has 29 valence electrons. The third kappa shape index (κ3) is 3.59. The lowest BCUT2D eigenvalue weighted by atomic mass is 10.9. The number of hydrogen-bond donors (Lipinski definition) is 1. The van der Waals surface area contributed by atoms with E-state index in [-0.39, 0.29) is 6.61 Å². The Morgan fingerprint density at radius 3 is 2.60 bits per heavy atom. The molecule has 0 aliphatic carbocycles. The minimum Gasteiger partial charge on any atom is -0.288 e. The van der Waals surface area contributed by atoms with Gasteiger partial charge in [0.05, 0.1) is 0 Å². The molecule has 0 aliphatic rings. The van der Waals surface area contributed by atoms with Crippen molar-refractivity contribution >= 4 is 6.29 Å². The van der Waals surface area contributed by atoms with E-state index in [0.717, 1.165) is 0 Å². The standard InChI is InChI=1S/C2H3O3/c3-1-2-5-4/h4H,2H2. The maximum absolute atomic E-state index is 8.99. The van der Waals surface area contributed by atoms with E-state index in [0.29, 0.717) is 0 Å². The van der Waals surface area contributed by atoms with Gasteiger partial charge in [0.15, 0.2) is 0 Å². The number of rotatable bonds is 2. The van der Waals surface area contributed by atoms with Gasteiger partial charge < -0.3 is 0 Å². The van der Waals surface area contributed by atoms with Crippen LogP contribution in [0.25, 0.3) is 0 Å². The zero-order valence-corrected chi connectivity index (χ0v) is 2.47. The highest BCUT2D eigenvalue weighted by atomic mass is 17.1. The molecule has 0 atom stereocenters. The van der Waals surface area contributed by atoms with Gasteiger partial charge in [-0.25, -0.2) is 4.89 Å². The molecule has 0 aromatic heterocycles. The lowest BCUT2D eigenvalue weighted by molar-refractivity contribution is -0.227. The Kier molecular flexibility index (Phi) is 3.30. The van der Waals surface area contributed by atoms with Gasteiger partial charge in [-0.1, -0.05) is 0 Å². The van der Waals surface area contributed by atoms with Crippen LogP contribution in [0.4, 0.5) is 0 Å². The van der Waals surface area contributed by atoms with Crippen LogP contribution in [0, 0.1) is 0 Å². The second kappa shape index (κ2) is 3.59. The molecule has 0 spiro atoms. The van der Waals surface area contributed by atoms with Crippen LogP contribution in [0.1, 0.15) is 0 Å². The van der Waals surface area contributed by atoms with Gasteiger partial charge in [0.25, 0.3) is 0 Å². The first kappa shape index (κ1) is 4.59. The molecule has 0 aromatic carbocycles. The molecule has 0 amide bonds. The minimum absolute atomic E-state index is 0.361. The largest absolute Gasteiger partial charge is 0.288 e. The molecule has 0 saturated carbocycles. The molecule has 0 fully saturated rings. The zero-order chi connectivity index (χ0) is 4.12. The first-order valence-corrected chi connectivity index (χ1v) is 1.03. The van der Waals surface area contributed by atoms with Gasteiger partial charge in [-0.2, -0.15) is 0 Å². The van der Waals surface area contributed by atoms with E-state index in [1.54, 1.807) is 0 Å². The maximum atomic E-state index is 8.99. The summed E-state index contributed by atoms with van der Waals surface area (Å²) in [5, 5.41) is 7.30. The SMILES string of the molecule is O=[C]COO. The molecular formula is C2H3O3. The van der Waals surface area contributed by atoms with E-state index in [1.807, 2.05) is 0 Å². The van der Waals surface area contributed by atoms with E-state index in [2.05, 4.69) is 4.89 Å². The van der Waals surface area contributed by atoms with E-state index in [9.17, 15) is 0 Å². The van der Waals surface area contributed by atoms with Crippen LogP contribution in [0.3, 0.4) is 0 Å². The van der Waals surface area contributed by atoms with E-state index in [1.165, 1.54) is 6.29 Å². The third-order valence-corrected chi connectivity index (χ3v) is 0.123. The van der Waals surface area contributed by atoms with Crippen LogP contribution in [0.5, 0.6) is 0 Å². The van der Waals surface area contributed by atoms with E-state index in [4.69, 9.17) is 10.1 Å². The van der Waals surface area contributed by atoms with Crippen molar-refractivity contribution in [3.8, 4) is 0 Å². The Labute approximate surface area is 29.1 Å². The van der Waals surface area contributed by atoms with Gasteiger partial charge in [0, 0.05) is 0 Å². The molecule has 1 N–H and O–H groups in total. The molecule has 3 nitrogen and oxygen atoms in total. The van der Waals surface area contributed by atoms with Crippen molar-refractivity contribution in [2.45, 2.75) is 0 Å². The van der Waals surface area contributed by atoms with Crippen molar-refractivity contribution in [2.24, 2.45) is 0 Å². The molecule has 0 aromatic rings. The molecule has 3 heteroatoms. The highest BCUT2D eigenvalue weighted by Crippen LogP contribution is 1.49.